The first kappa shape index (κ1) is 10.0. The molecule has 1 aliphatic rings. The van der Waals surface area contributed by atoms with E-state index in [0.717, 1.165) is 5.56 Å². The van der Waals surface area contributed by atoms with Gasteiger partial charge in [0.25, 0.3) is 0 Å². The van der Waals surface area contributed by atoms with Crippen molar-refractivity contribution in [2.45, 2.75) is 26.0 Å². The second kappa shape index (κ2) is 3.93. The minimum absolute atomic E-state index is 0.110. The van der Waals surface area contributed by atoms with Crippen molar-refractivity contribution in [3.05, 3.63) is 35.9 Å². The fraction of sp³-hybridized carbons (Fsp3) is 0.417. The van der Waals surface area contributed by atoms with E-state index in [0.29, 0.717) is 6.54 Å². The van der Waals surface area contributed by atoms with E-state index >= 15 is 0 Å². The van der Waals surface area contributed by atoms with E-state index in [4.69, 9.17) is 4.74 Å². The highest BCUT2D eigenvalue weighted by Gasteiger charge is 2.33. The van der Waals surface area contributed by atoms with Gasteiger partial charge in [0, 0.05) is 6.04 Å². The van der Waals surface area contributed by atoms with Crippen molar-refractivity contribution in [1.82, 2.24) is 4.90 Å². The second-order valence-corrected chi connectivity index (χ2v) is 4.03. The van der Waals surface area contributed by atoms with Gasteiger partial charge in [0.1, 0.15) is 6.10 Å². The van der Waals surface area contributed by atoms with Gasteiger partial charge in [0.15, 0.2) is 0 Å². The maximum absolute atomic E-state index is 11.5. The van der Waals surface area contributed by atoms with E-state index in [-0.39, 0.29) is 18.2 Å². The van der Waals surface area contributed by atoms with Crippen LogP contribution in [0.4, 0.5) is 4.79 Å². The molecule has 1 aromatic carbocycles. The van der Waals surface area contributed by atoms with E-state index in [1.165, 1.54) is 0 Å². The van der Waals surface area contributed by atoms with Crippen LogP contribution in [-0.4, -0.2) is 23.6 Å². The van der Waals surface area contributed by atoms with Gasteiger partial charge in [0.2, 0.25) is 0 Å². The maximum atomic E-state index is 11.5. The SMILES string of the molecule is CC(C)N1C[C@@H](c2ccccc2)OC1=O. The molecule has 15 heavy (non-hydrogen) atoms. The summed E-state index contributed by atoms with van der Waals surface area (Å²) in [7, 11) is 0. The van der Waals surface area contributed by atoms with Crippen LogP contribution in [0.2, 0.25) is 0 Å². The monoisotopic (exact) mass is 205 g/mol. The Balaban J connectivity index is 2.13. The van der Waals surface area contributed by atoms with Crippen molar-refractivity contribution in [3.8, 4) is 0 Å². The summed E-state index contributed by atoms with van der Waals surface area (Å²) in [5.41, 5.74) is 1.06. The van der Waals surface area contributed by atoms with Crippen LogP contribution in [0.15, 0.2) is 30.3 Å². The smallest absolute Gasteiger partial charge is 0.410 e. The first-order valence-corrected chi connectivity index (χ1v) is 5.20. The molecule has 1 aromatic rings. The Morgan fingerprint density at radius 1 is 1.33 bits per heavy atom. The third-order valence-electron chi connectivity index (χ3n) is 2.63. The summed E-state index contributed by atoms with van der Waals surface area (Å²) in [5, 5.41) is 0. The highest BCUT2D eigenvalue weighted by molar-refractivity contribution is 5.70. The van der Waals surface area contributed by atoms with E-state index in [1.54, 1.807) is 4.90 Å². The van der Waals surface area contributed by atoms with Gasteiger partial charge >= 0.3 is 6.09 Å². The molecular formula is C12H15NO2. The number of ether oxygens (including phenoxy) is 1. The summed E-state index contributed by atoms with van der Waals surface area (Å²) < 4.78 is 5.31. The Morgan fingerprint density at radius 3 is 2.53 bits per heavy atom. The Morgan fingerprint density at radius 2 is 2.00 bits per heavy atom. The van der Waals surface area contributed by atoms with Gasteiger partial charge in [-0.05, 0) is 19.4 Å². The molecule has 1 heterocycles. The quantitative estimate of drug-likeness (QED) is 0.742. The van der Waals surface area contributed by atoms with Gasteiger partial charge in [-0.3, -0.25) is 0 Å². The van der Waals surface area contributed by atoms with Crippen molar-refractivity contribution in [2.75, 3.05) is 6.54 Å². The van der Waals surface area contributed by atoms with E-state index in [1.807, 2.05) is 44.2 Å². The van der Waals surface area contributed by atoms with E-state index in [9.17, 15) is 4.79 Å². The largest absolute Gasteiger partial charge is 0.439 e. The highest BCUT2D eigenvalue weighted by atomic mass is 16.6. The zero-order chi connectivity index (χ0) is 10.8. The fourth-order valence-electron chi connectivity index (χ4n) is 1.74. The fourth-order valence-corrected chi connectivity index (χ4v) is 1.74. The molecule has 1 saturated heterocycles. The Hall–Kier alpha value is -1.51. The zero-order valence-corrected chi connectivity index (χ0v) is 9.01. The van der Waals surface area contributed by atoms with Crippen molar-refractivity contribution < 1.29 is 9.53 Å². The lowest BCUT2D eigenvalue weighted by Crippen LogP contribution is -2.31. The van der Waals surface area contributed by atoms with Gasteiger partial charge in [-0.1, -0.05) is 30.3 Å². The Kier molecular flexibility index (Phi) is 2.62. The van der Waals surface area contributed by atoms with Gasteiger partial charge in [-0.25, -0.2) is 4.79 Å². The van der Waals surface area contributed by atoms with E-state index < -0.39 is 0 Å². The standard InChI is InChI=1S/C12H15NO2/c1-9(2)13-8-11(15-12(13)14)10-6-4-3-5-7-10/h3-7,9,11H,8H2,1-2H3/t11-/m0/s1. The summed E-state index contributed by atoms with van der Waals surface area (Å²) in [6, 6.07) is 10.1. The molecule has 1 atom stereocenters. The van der Waals surface area contributed by atoms with Crippen molar-refractivity contribution in [3.63, 3.8) is 0 Å². The lowest BCUT2D eigenvalue weighted by Gasteiger charge is -2.16. The second-order valence-electron chi connectivity index (χ2n) is 4.03. The molecule has 3 heteroatoms. The molecule has 1 aliphatic heterocycles. The summed E-state index contributed by atoms with van der Waals surface area (Å²) >= 11 is 0. The van der Waals surface area contributed by atoms with Crippen LogP contribution in [0.5, 0.6) is 0 Å². The van der Waals surface area contributed by atoms with Crippen molar-refractivity contribution >= 4 is 6.09 Å². The van der Waals surface area contributed by atoms with Gasteiger partial charge in [-0.15, -0.1) is 0 Å². The molecule has 0 saturated carbocycles. The third kappa shape index (κ3) is 1.96. The lowest BCUT2D eigenvalue weighted by molar-refractivity contribution is 0.130. The number of rotatable bonds is 2. The molecule has 0 unspecified atom stereocenters. The minimum atomic E-state index is -0.209. The average Bonchev–Trinajstić information content (AvgIpc) is 2.62. The molecule has 0 spiro atoms. The summed E-state index contributed by atoms with van der Waals surface area (Å²) in [6.45, 7) is 4.64. The van der Waals surface area contributed by atoms with Crippen LogP contribution < -0.4 is 0 Å². The molecule has 1 fully saturated rings. The van der Waals surface area contributed by atoms with Crippen LogP contribution in [0.1, 0.15) is 25.5 Å². The molecule has 0 aromatic heterocycles. The number of carbonyl (C=O) groups is 1. The predicted molar refractivity (Wildman–Crippen MR) is 57.5 cm³/mol. The first-order chi connectivity index (χ1) is 7.18. The molecule has 2 rings (SSSR count). The number of carbonyl (C=O) groups excluding carboxylic acids is 1. The topological polar surface area (TPSA) is 29.5 Å². The summed E-state index contributed by atoms with van der Waals surface area (Å²) in [6.07, 6.45) is -0.319. The summed E-state index contributed by atoms with van der Waals surface area (Å²) in [5.74, 6) is 0. The maximum Gasteiger partial charge on any atom is 0.410 e. The number of hydrogen-bond donors (Lipinski definition) is 0. The van der Waals surface area contributed by atoms with Crippen LogP contribution in [0.3, 0.4) is 0 Å². The normalized spacial score (nSPS) is 20.9. The van der Waals surface area contributed by atoms with Crippen molar-refractivity contribution in [1.29, 1.82) is 0 Å². The minimum Gasteiger partial charge on any atom is -0.439 e. The Labute approximate surface area is 89.7 Å². The lowest BCUT2D eigenvalue weighted by atomic mass is 10.1. The molecule has 80 valence electrons. The molecule has 0 radical (unpaired) electrons. The number of amides is 1. The average molecular weight is 205 g/mol. The number of hydrogen-bond acceptors (Lipinski definition) is 2. The number of cyclic esters (lactones) is 1. The van der Waals surface area contributed by atoms with Crippen LogP contribution in [0, 0.1) is 0 Å². The molecule has 3 nitrogen and oxygen atoms in total. The number of nitrogens with zero attached hydrogens (tertiary/aromatic N) is 1. The van der Waals surface area contributed by atoms with Gasteiger partial charge in [0.05, 0.1) is 6.54 Å². The Bertz CT molecular complexity index is 348. The third-order valence-corrected chi connectivity index (χ3v) is 2.63. The predicted octanol–water partition coefficient (Wildman–Crippen LogP) is 2.59. The van der Waals surface area contributed by atoms with Crippen LogP contribution in [0.25, 0.3) is 0 Å². The number of benzene rings is 1. The van der Waals surface area contributed by atoms with Gasteiger partial charge in [-0.2, -0.15) is 0 Å². The zero-order valence-electron chi connectivity index (χ0n) is 9.01. The van der Waals surface area contributed by atoms with Crippen molar-refractivity contribution in [2.24, 2.45) is 0 Å². The highest BCUT2D eigenvalue weighted by Crippen LogP contribution is 2.26. The van der Waals surface area contributed by atoms with Crippen LogP contribution >= 0.6 is 0 Å². The van der Waals surface area contributed by atoms with Crippen LogP contribution in [-0.2, 0) is 4.74 Å². The van der Waals surface area contributed by atoms with Gasteiger partial charge < -0.3 is 9.64 Å². The van der Waals surface area contributed by atoms with E-state index in [2.05, 4.69) is 0 Å². The molecule has 0 aliphatic carbocycles. The molecule has 0 bridgehead atoms. The first-order valence-electron chi connectivity index (χ1n) is 5.20. The molecule has 1 amide bonds. The molecule has 0 N–H and O–H groups in total. The summed E-state index contributed by atoms with van der Waals surface area (Å²) in [4.78, 5) is 13.3. The molecular weight excluding hydrogens is 190 g/mol.